The largest absolute Gasteiger partial charge is 0.352 e. The second-order valence-electron chi connectivity index (χ2n) is 6.03. The van der Waals surface area contributed by atoms with Gasteiger partial charge in [0.25, 0.3) is 5.91 Å². The number of thioether (sulfide) groups is 1. The Hall–Kier alpha value is -2.27. The fourth-order valence-electron chi connectivity index (χ4n) is 2.63. The fourth-order valence-corrected chi connectivity index (χ4v) is 3.50. The lowest BCUT2D eigenvalue weighted by Gasteiger charge is -2.14. The predicted octanol–water partition coefficient (Wildman–Crippen LogP) is 4.18. The van der Waals surface area contributed by atoms with Crippen molar-refractivity contribution < 1.29 is 4.79 Å². The van der Waals surface area contributed by atoms with E-state index < -0.39 is 0 Å². The molecular formula is C20H23N3OS. The van der Waals surface area contributed by atoms with Crippen LogP contribution < -0.4 is 10.3 Å². The highest BCUT2D eigenvalue weighted by molar-refractivity contribution is 7.99. The van der Waals surface area contributed by atoms with Crippen LogP contribution in [0.25, 0.3) is 0 Å². The Morgan fingerprint density at radius 2 is 1.92 bits per heavy atom. The summed E-state index contributed by atoms with van der Waals surface area (Å²) >= 11 is 1.81. The summed E-state index contributed by atoms with van der Waals surface area (Å²) in [6.07, 6.45) is 1.95. The van der Waals surface area contributed by atoms with Crippen molar-refractivity contribution in [1.29, 1.82) is 0 Å². The zero-order valence-corrected chi connectivity index (χ0v) is 15.3. The van der Waals surface area contributed by atoms with Crippen LogP contribution in [0, 0.1) is 0 Å². The standard InChI is InChI=1S/C20H23N3OS/c1-16-12-14-23(22-16)18-10-8-17(9-11-18)20(24)21-13-5-15-25-19-6-3-2-4-7-19/h2-4,6-11H,5,12-15H2,1H3,(H,21,24). The smallest absolute Gasteiger partial charge is 0.251 e. The van der Waals surface area contributed by atoms with Crippen molar-refractivity contribution in [3.63, 3.8) is 0 Å². The molecule has 0 saturated heterocycles. The number of hydrogen-bond acceptors (Lipinski definition) is 4. The zero-order valence-electron chi connectivity index (χ0n) is 14.4. The van der Waals surface area contributed by atoms with Crippen LogP contribution in [0.3, 0.4) is 0 Å². The Bertz CT molecular complexity index is 728. The third kappa shape index (κ3) is 5.10. The first kappa shape index (κ1) is 17.5. The summed E-state index contributed by atoms with van der Waals surface area (Å²) in [7, 11) is 0. The Labute approximate surface area is 153 Å². The average molecular weight is 353 g/mol. The van der Waals surface area contributed by atoms with E-state index in [1.807, 2.05) is 66.2 Å². The van der Waals surface area contributed by atoms with E-state index in [0.717, 1.165) is 36.5 Å². The molecule has 0 atom stereocenters. The fraction of sp³-hybridized carbons (Fsp3) is 0.300. The summed E-state index contributed by atoms with van der Waals surface area (Å²) in [6, 6.07) is 18.0. The summed E-state index contributed by atoms with van der Waals surface area (Å²) < 4.78 is 0. The van der Waals surface area contributed by atoms with Crippen LogP contribution in [0.4, 0.5) is 5.69 Å². The Morgan fingerprint density at radius 1 is 1.16 bits per heavy atom. The zero-order chi connectivity index (χ0) is 17.5. The lowest BCUT2D eigenvalue weighted by atomic mass is 10.2. The molecule has 2 aromatic rings. The average Bonchev–Trinajstić information content (AvgIpc) is 3.09. The number of carbonyl (C=O) groups is 1. The molecule has 5 heteroatoms. The van der Waals surface area contributed by atoms with Gasteiger partial charge in [0.15, 0.2) is 0 Å². The first-order valence-corrected chi connectivity index (χ1v) is 9.59. The minimum Gasteiger partial charge on any atom is -0.352 e. The summed E-state index contributed by atoms with van der Waals surface area (Å²) in [4.78, 5) is 13.5. The summed E-state index contributed by atoms with van der Waals surface area (Å²) in [5.74, 6) is 0.979. The number of nitrogens with one attached hydrogen (secondary N) is 1. The van der Waals surface area contributed by atoms with Gasteiger partial charge >= 0.3 is 0 Å². The van der Waals surface area contributed by atoms with Gasteiger partial charge in [-0.05, 0) is 55.5 Å². The highest BCUT2D eigenvalue weighted by Crippen LogP contribution is 2.20. The van der Waals surface area contributed by atoms with Crippen LogP contribution in [0.1, 0.15) is 30.1 Å². The van der Waals surface area contributed by atoms with Gasteiger partial charge in [0.1, 0.15) is 0 Å². The van der Waals surface area contributed by atoms with Crippen LogP contribution >= 0.6 is 11.8 Å². The molecule has 3 rings (SSSR count). The predicted molar refractivity (Wildman–Crippen MR) is 106 cm³/mol. The number of amides is 1. The maximum absolute atomic E-state index is 12.2. The molecule has 0 radical (unpaired) electrons. The molecule has 1 N–H and O–H groups in total. The molecule has 2 aromatic carbocycles. The van der Waals surface area contributed by atoms with E-state index in [4.69, 9.17) is 0 Å². The van der Waals surface area contributed by atoms with Crippen LogP contribution in [-0.4, -0.2) is 30.5 Å². The van der Waals surface area contributed by atoms with Crippen molar-refractivity contribution in [3.8, 4) is 0 Å². The van der Waals surface area contributed by atoms with E-state index in [-0.39, 0.29) is 5.91 Å². The van der Waals surface area contributed by atoms with Gasteiger partial charge in [-0.3, -0.25) is 9.80 Å². The molecule has 25 heavy (non-hydrogen) atoms. The number of nitrogens with zero attached hydrogens (tertiary/aromatic N) is 2. The van der Waals surface area contributed by atoms with E-state index in [1.54, 1.807) is 0 Å². The molecule has 0 saturated carbocycles. The van der Waals surface area contributed by atoms with E-state index in [9.17, 15) is 4.79 Å². The van der Waals surface area contributed by atoms with E-state index >= 15 is 0 Å². The molecule has 0 bridgehead atoms. The summed E-state index contributed by atoms with van der Waals surface area (Å²) in [5, 5.41) is 9.45. The SMILES string of the molecule is CC1=NN(c2ccc(C(=O)NCCCSc3ccccc3)cc2)CC1. The molecule has 0 fully saturated rings. The number of rotatable bonds is 7. The number of anilines is 1. The van der Waals surface area contributed by atoms with Gasteiger partial charge in [0, 0.05) is 35.7 Å². The third-order valence-electron chi connectivity index (χ3n) is 4.02. The highest BCUT2D eigenvalue weighted by Gasteiger charge is 2.13. The number of hydrogen-bond donors (Lipinski definition) is 1. The monoisotopic (exact) mass is 353 g/mol. The molecule has 1 aliphatic rings. The normalized spacial score (nSPS) is 13.6. The second-order valence-corrected chi connectivity index (χ2v) is 7.19. The van der Waals surface area contributed by atoms with Gasteiger partial charge in [-0.15, -0.1) is 11.8 Å². The molecule has 0 aliphatic carbocycles. The first-order chi connectivity index (χ1) is 12.2. The second kappa shape index (κ2) is 8.72. The number of benzene rings is 2. The third-order valence-corrected chi connectivity index (χ3v) is 5.12. The van der Waals surface area contributed by atoms with Crippen molar-refractivity contribution in [2.75, 3.05) is 23.9 Å². The highest BCUT2D eigenvalue weighted by atomic mass is 32.2. The molecule has 0 spiro atoms. The first-order valence-electron chi connectivity index (χ1n) is 8.60. The molecule has 1 amide bonds. The summed E-state index contributed by atoms with van der Waals surface area (Å²) in [5.41, 5.74) is 2.88. The van der Waals surface area contributed by atoms with Gasteiger partial charge < -0.3 is 5.32 Å². The van der Waals surface area contributed by atoms with Crippen LogP contribution in [0.2, 0.25) is 0 Å². The van der Waals surface area contributed by atoms with Crippen molar-refractivity contribution in [3.05, 3.63) is 60.2 Å². The van der Waals surface area contributed by atoms with E-state index in [2.05, 4.69) is 22.6 Å². The van der Waals surface area contributed by atoms with Crippen molar-refractivity contribution in [1.82, 2.24) is 5.32 Å². The Balaban J connectivity index is 1.41. The van der Waals surface area contributed by atoms with Gasteiger partial charge in [-0.25, -0.2) is 0 Å². The molecule has 1 aliphatic heterocycles. The van der Waals surface area contributed by atoms with Crippen molar-refractivity contribution in [2.45, 2.75) is 24.7 Å². The minimum atomic E-state index is -0.0163. The van der Waals surface area contributed by atoms with Crippen LogP contribution in [0.5, 0.6) is 0 Å². The van der Waals surface area contributed by atoms with Gasteiger partial charge in [0.2, 0.25) is 0 Å². The molecule has 0 unspecified atom stereocenters. The van der Waals surface area contributed by atoms with Crippen molar-refractivity contribution in [2.24, 2.45) is 5.10 Å². The number of carbonyl (C=O) groups excluding carboxylic acids is 1. The van der Waals surface area contributed by atoms with E-state index in [0.29, 0.717) is 12.1 Å². The summed E-state index contributed by atoms with van der Waals surface area (Å²) in [6.45, 7) is 3.64. The maximum Gasteiger partial charge on any atom is 0.251 e. The van der Waals surface area contributed by atoms with Gasteiger partial charge in [0.05, 0.1) is 5.69 Å². The number of hydrazone groups is 1. The lowest BCUT2D eigenvalue weighted by Crippen LogP contribution is -2.24. The quantitative estimate of drug-likeness (QED) is 0.600. The maximum atomic E-state index is 12.2. The Kier molecular flexibility index (Phi) is 6.12. The molecule has 130 valence electrons. The van der Waals surface area contributed by atoms with E-state index in [1.165, 1.54) is 4.90 Å². The van der Waals surface area contributed by atoms with Crippen molar-refractivity contribution >= 4 is 29.1 Å². The lowest BCUT2D eigenvalue weighted by molar-refractivity contribution is 0.0954. The van der Waals surface area contributed by atoms with Gasteiger partial charge in [-0.1, -0.05) is 18.2 Å². The molecule has 0 aromatic heterocycles. The Morgan fingerprint density at radius 3 is 2.60 bits per heavy atom. The van der Waals surface area contributed by atoms with Crippen LogP contribution in [-0.2, 0) is 0 Å². The molecule has 1 heterocycles. The van der Waals surface area contributed by atoms with Gasteiger partial charge in [-0.2, -0.15) is 5.10 Å². The molecular weight excluding hydrogens is 330 g/mol. The minimum absolute atomic E-state index is 0.0163. The molecule has 4 nitrogen and oxygen atoms in total. The van der Waals surface area contributed by atoms with Crippen LogP contribution in [0.15, 0.2) is 64.6 Å². The topological polar surface area (TPSA) is 44.7 Å².